The number of nitrogens with one attached hydrogen (secondary N) is 1. The second-order valence-electron chi connectivity index (χ2n) is 4.62. The molecule has 0 amide bonds. The van der Waals surface area contributed by atoms with E-state index in [1.54, 1.807) is 19.4 Å². The van der Waals surface area contributed by atoms with Gasteiger partial charge in [0.1, 0.15) is 17.6 Å². The summed E-state index contributed by atoms with van der Waals surface area (Å²) in [7, 11) is 0. The van der Waals surface area contributed by atoms with Gasteiger partial charge in [0.05, 0.1) is 28.9 Å². The van der Waals surface area contributed by atoms with Crippen LogP contribution in [0.25, 0.3) is 21.9 Å². The summed E-state index contributed by atoms with van der Waals surface area (Å²) in [6.45, 7) is 4.81. The molecule has 0 atom stereocenters. The number of hydrogen-bond donors (Lipinski definition) is 1. The van der Waals surface area contributed by atoms with Gasteiger partial charge in [0.25, 0.3) is 0 Å². The van der Waals surface area contributed by atoms with E-state index in [1.165, 1.54) is 0 Å². The number of carbonyl (C=O) groups excluding carboxylic acids is 1. The van der Waals surface area contributed by atoms with Crippen LogP contribution in [0, 0.1) is 0 Å². The summed E-state index contributed by atoms with van der Waals surface area (Å²) in [5.41, 5.74) is 2.94. The molecule has 2 aromatic heterocycles. The van der Waals surface area contributed by atoms with Crippen LogP contribution in [0.5, 0.6) is 0 Å². The van der Waals surface area contributed by atoms with Crippen LogP contribution in [-0.4, -0.2) is 22.5 Å². The lowest BCUT2D eigenvalue weighted by Gasteiger charge is -2.07. The maximum atomic E-state index is 12.1. The number of fused-ring (bicyclic) bond motifs is 3. The quantitative estimate of drug-likeness (QED) is 0.357. The van der Waals surface area contributed by atoms with Crippen molar-refractivity contribution in [3.63, 3.8) is 0 Å². The van der Waals surface area contributed by atoms with E-state index >= 15 is 0 Å². The van der Waals surface area contributed by atoms with E-state index in [2.05, 4.69) is 9.97 Å². The van der Waals surface area contributed by atoms with Gasteiger partial charge in [-0.15, -0.1) is 0 Å². The number of esters is 1. The molecule has 0 radical (unpaired) electrons. The van der Waals surface area contributed by atoms with Crippen molar-refractivity contribution in [1.82, 2.24) is 9.97 Å². The molecule has 0 saturated heterocycles. The smallest absolute Gasteiger partial charge is 0.345 e. The van der Waals surface area contributed by atoms with Gasteiger partial charge in [0, 0.05) is 6.07 Å². The third kappa shape index (κ3) is 2.65. The van der Waals surface area contributed by atoms with Crippen LogP contribution in [0.1, 0.15) is 24.2 Å². The molecule has 2 heterocycles. The summed E-state index contributed by atoms with van der Waals surface area (Å²) >= 11 is 6.47. The largest absolute Gasteiger partial charge is 1.00 e. The number of rotatable bonds is 3. The minimum Gasteiger partial charge on any atom is -1.00 e. The Hall–Kier alpha value is -1.41. The first-order valence-electron chi connectivity index (χ1n) is 6.82. The highest BCUT2D eigenvalue weighted by Gasteiger charge is 2.24. The minimum atomic E-state index is -0.417. The SMILES string of the molecule is CCOC(=O)c1c[n+](CC)c2ccc3[nH]cnc3c2c1Cl.[I-]. The molecule has 0 bridgehead atoms. The summed E-state index contributed by atoms with van der Waals surface area (Å²) in [5.74, 6) is -0.417. The molecule has 1 N–H and O–H groups in total. The molecule has 22 heavy (non-hydrogen) atoms. The average molecular weight is 432 g/mol. The zero-order chi connectivity index (χ0) is 15.0. The van der Waals surface area contributed by atoms with Crippen LogP contribution < -0.4 is 28.5 Å². The van der Waals surface area contributed by atoms with Crippen molar-refractivity contribution in [3.05, 3.63) is 35.2 Å². The van der Waals surface area contributed by atoms with Crippen LogP contribution in [0.15, 0.2) is 24.7 Å². The van der Waals surface area contributed by atoms with Gasteiger partial charge in [-0.3, -0.25) is 0 Å². The molecule has 0 aliphatic rings. The Labute approximate surface area is 149 Å². The first-order chi connectivity index (χ1) is 10.2. The zero-order valence-electron chi connectivity index (χ0n) is 12.2. The van der Waals surface area contributed by atoms with E-state index < -0.39 is 5.97 Å². The topological polar surface area (TPSA) is 58.9 Å². The first-order valence-corrected chi connectivity index (χ1v) is 7.20. The molecule has 116 valence electrons. The molecule has 1 aromatic carbocycles. The lowest BCUT2D eigenvalue weighted by atomic mass is 10.1. The fraction of sp³-hybridized carbons (Fsp3) is 0.267. The van der Waals surface area contributed by atoms with Gasteiger partial charge in [-0.25, -0.2) is 9.78 Å². The number of aryl methyl sites for hydroxylation is 1. The van der Waals surface area contributed by atoms with Crippen LogP contribution in [0.3, 0.4) is 0 Å². The highest BCUT2D eigenvalue weighted by molar-refractivity contribution is 6.39. The second-order valence-corrected chi connectivity index (χ2v) is 5.00. The summed E-state index contributed by atoms with van der Waals surface area (Å²) in [5, 5.41) is 1.15. The highest BCUT2D eigenvalue weighted by Crippen LogP contribution is 2.30. The van der Waals surface area contributed by atoms with E-state index in [4.69, 9.17) is 16.3 Å². The third-order valence-electron chi connectivity index (χ3n) is 3.46. The number of aromatic amines is 1. The molecule has 0 saturated carbocycles. The Morgan fingerprint density at radius 1 is 1.41 bits per heavy atom. The highest BCUT2D eigenvalue weighted by atomic mass is 127. The van der Waals surface area contributed by atoms with Crippen LogP contribution >= 0.6 is 11.6 Å². The first kappa shape index (κ1) is 17.0. The van der Waals surface area contributed by atoms with E-state index in [0.717, 1.165) is 28.5 Å². The summed E-state index contributed by atoms with van der Waals surface area (Å²) in [4.78, 5) is 19.5. The minimum absolute atomic E-state index is 0. The fourth-order valence-electron chi connectivity index (χ4n) is 2.48. The molecule has 0 unspecified atom stereocenters. The van der Waals surface area contributed by atoms with Crippen LogP contribution in [0.2, 0.25) is 5.02 Å². The summed E-state index contributed by atoms with van der Waals surface area (Å²) in [6, 6.07) is 3.93. The van der Waals surface area contributed by atoms with Crippen molar-refractivity contribution in [2.75, 3.05) is 6.61 Å². The van der Waals surface area contributed by atoms with Crippen LogP contribution in [-0.2, 0) is 11.3 Å². The Bertz CT molecular complexity index is 848. The van der Waals surface area contributed by atoms with Gasteiger partial charge >= 0.3 is 5.97 Å². The Kier molecular flexibility index (Phi) is 5.23. The van der Waals surface area contributed by atoms with Gasteiger partial charge < -0.3 is 33.7 Å². The molecule has 0 spiro atoms. The van der Waals surface area contributed by atoms with Crippen molar-refractivity contribution in [3.8, 4) is 0 Å². The number of ether oxygens (including phenoxy) is 1. The number of nitrogens with zero attached hydrogens (tertiary/aromatic N) is 2. The molecule has 3 aromatic rings. The number of imidazole rings is 1. The van der Waals surface area contributed by atoms with E-state index in [9.17, 15) is 4.79 Å². The maximum absolute atomic E-state index is 12.1. The van der Waals surface area contributed by atoms with Gasteiger partial charge in [-0.1, -0.05) is 11.6 Å². The van der Waals surface area contributed by atoms with Gasteiger partial charge in [0.15, 0.2) is 6.20 Å². The van der Waals surface area contributed by atoms with Crippen LogP contribution in [0.4, 0.5) is 0 Å². The van der Waals surface area contributed by atoms with E-state index in [0.29, 0.717) is 17.2 Å². The molecule has 7 heteroatoms. The maximum Gasteiger partial charge on any atom is 0.345 e. The zero-order valence-corrected chi connectivity index (χ0v) is 15.1. The summed E-state index contributed by atoms with van der Waals surface area (Å²) < 4.78 is 7.06. The molecular weight excluding hydrogens is 417 g/mol. The Morgan fingerprint density at radius 3 is 2.86 bits per heavy atom. The van der Waals surface area contributed by atoms with Crippen molar-refractivity contribution in [2.24, 2.45) is 0 Å². The Balaban J connectivity index is 0.00000176. The molecule has 3 rings (SSSR count). The number of aromatic nitrogens is 3. The number of hydrogen-bond acceptors (Lipinski definition) is 3. The lowest BCUT2D eigenvalue weighted by Crippen LogP contribution is -3.00. The average Bonchev–Trinajstić information content (AvgIpc) is 2.96. The summed E-state index contributed by atoms with van der Waals surface area (Å²) in [6.07, 6.45) is 3.36. The van der Waals surface area contributed by atoms with Crippen molar-refractivity contribution in [1.29, 1.82) is 0 Å². The number of halogens is 2. The van der Waals surface area contributed by atoms with E-state index in [1.807, 2.05) is 23.6 Å². The molecule has 0 aliphatic carbocycles. The Morgan fingerprint density at radius 2 is 2.18 bits per heavy atom. The van der Waals surface area contributed by atoms with Gasteiger partial charge in [0.2, 0.25) is 5.52 Å². The number of carbonyl (C=O) groups is 1. The number of pyridine rings is 1. The fourth-order valence-corrected chi connectivity index (χ4v) is 2.79. The van der Waals surface area contributed by atoms with Crippen molar-refractivity contribution < 1.29 is 38.1 Å². The third-order valence-corrected chi connectivity index (χ3v) is 3.85. The molecule has 5 nitrogen and oxygen atoms in total. The second kappa shape index (κ2) is 6.78. The number of H-pyrrole nitrogens is 1. The predicted octanol–water partition coefficient (Wildman–Crippen LogP) is -0.142. The van der Waals surface area contributed by atoms with Gasteiger partial charge in [-0.05, 0) is 19.9 Å². The van der Waals surface area contributed by atoms with E-state index in [-0.39, 0.29) is 24.0 Å². The monoisotopic (exact) mass is 431 g/mol. The van der Waals surface area contributed by atoms with Crippen molar-refractivity contribution >= 4 is 39.5 Å². The molecule has 0 fully saturated rings. The van der Waals surface area contributed by atoms with Gasteiger partial charge in [-0.2, -0.15) is 4.57 Å². The number of benzene rings is 1. The molecule has 0 aliphatic heterocycles. The predicted molar refractivity (Wildman–Crippen MR) is 80.4 cm³/mol. The van der Waals surface area contributed by atoms with Crippen molar-refractivity contribution in [2.45, 2.75) is 20.4 Å². The standard InChI is InChI=1S/C15H14ClN3O2.HI/c1-3-19-7-9(15(20)21-4-2)13(16)12-11(19)6-5-10-14(12)18-8-17-10;/h5-8H,3-4H2,1-2H3;1H. The lowest BCUT2D eigenvalue weighted by molar-refractivity contribution is -0.667. The molecular formula is C15H15ClIN3O2. The normalized spacial score (nSPS) is 10.7.